The first-order valence-electron chi connectivity index (χ1n) is 6.89. The monoisotopic (exact) mass is 262 g/mol. The summed E-state index contributed by atoms with van der Waals surface area (Å²) in [5, 5.41) is 6.44. The van der Waals surface area contributed by atoms with E-state index in [0.717, 1.165) is 30.0 Å². The number of hydrogen-bond donors (Lipinski definition) is 2. The fourth-order valence-electron chi connectivity index (χ4n) is 2.29. The Morgan fingerprint density at radius 3 is 2.79 bits per heavy atom. The highest BCUT2D eigenvalue weighted by Gasteiger charge is 2.24. The predicted molar refractivity (Wildman–Crippen MR) is 77.5 cm³/mol. The molecule has 2 atom stereocenters. The van der Waals surface area contributed by atoms with E-state index in [9.17, 15) is 4.79 Å². The lowest BCUT2D eigenvalue weighted by molar-refractivity contribution is -0.115. The maximum atomic E-state index is 11.5. The predicted octanol–water partition coefficient (Wildman–Crippen LogP) is 2.93. The van der Waals surface area contributed by atoms with Crippen molar-refractivity contribution in [3.05, 3.63) is 23.8 Å². The third-order valence-corrected chi connectivity index (χ3v) is 3.65. The van der Waals surface area contributed by atoms with Crippen molar-refractivity contribution in [2.45, 2.75) is 45.8 Å². The third-order valence-electron chi connectivity index (χ3n) is 3.65. The van der Waals surface area contributed by atoms with Gasteiger partial charge in [-0.25, -0.2) is 0 Å². The summed E-state index contributed by atoms with van der Waals surface area (Å²) >= 11 is 0. The van der Waals surface area contributed by atoms with Crippen molar-refractivity contribution in [2.75, 3.05) is 17.2 Å². The maximum Gasteiger partial charge on any atom is 0.224 e. The normalized spacial score (nSPS) is 22.3. The molecule has 1 aromatic carbocycles. The van der Waals surface area contributed by atoms with Crippen LogP contribution in [0.1, 0.15) is 32.3 Å². The summed E-state index contributed by atoms with van der Waals surface area (Å²) in [6.07, 6.45) is 1.74. The minimum atomic E-state index is 0.0396. The molecule has 1 aliphatic rings. The van der Waals surface area contributed by atoms with E-state index in [1.54, 1.807) is 0 Å². The molecule has 0 saturated carbocycles. The zero-order valence-corrected chi connectivity index (χ0v) is 11.8. The average molecular weight is 262 g/mol. The molecule has 1 fully saturated rings. The first-order valence-corrected chi connectivity index (χ1v) is 6.89. The van der Waals surface area contributed by atoms with Crippen molar-refractivity contribution in [1.82, 2.24) is 0 Å². The van der Waals surface area contributed by atoms with Gasteiger partial charge in [-0.1, -0.05) is 13.0 Å². The third kappa shape index (κ3) is 3.26. The summed E-state index contributed by atoms with van der Waals surface area (Å²) in [6.45, 7) is 6.77. The number of ether oxygens (including phenoxy) is 1. The fraction of sp³-hybridized carbons (Fsp3) is 0.533. The van der Waals surface area contributed by atoms with Crippen molar-refractivity contribution < 1.29 is 9.53 Å². The van der Waals surface area contributed by atoms with Crippen molar-refractivity contribution in [2.24, 2.45) is 0 Å². The molecule has 2 unspecified atom stereocenters. The van der Waals surface area contributed by atoms with Gasteiger partial charge in [-0.3, -0.25) is 4.79 Å². The minimum Gasteiger partial charge on any atom is -0.379 e. The number of hydrogen-bond acceptors (Lipinski definition) is 3. The number of rotatable bonds is 4. The molecule has 0 aromatic heterocycles. The molecule has 0 aliphatic carbocycles. The molecule has 1 aliphatic heterocycles. The van der Waals surface area contributed by atoms with Gasteiger partial charge in [0.2, 0.25) is 5.91 Å². The molecule has 1 amide bonds. The molecule has 1 heterocycles. The van der Waals surface area contributed by atoms with E-state index in [1.807, 2.05) is 32.0 Å². The van der Waals surface area contributed by atoms with Crippen molar-refractivity contribution in [3.63, 3.8) is 0 Å². The molecule has 4 heteroatoms. The molecular formula is C15H22N2O2. The summed E-state index contributed by atoms with van der Waals surface area (Å²) in [4.78, 5) is 11.5. The van der Waals surface area contributed by atoms with Gasteiger partial charge in [-0.15, -0.1) is 0 Å². The molecule has 4 nitrogen and oxygen atoms in total. The van der Waals surface area contributed by atoms with Gasteiger partial charge < -0.3 is 15.4 Å². The first kappa shape index (κ1) is 13.9. The first-order chi connectivity index (χ1) is 9.11. The number of carbonyl (C=O) groups excluding carboxylic acids is 1. The molecule has 104 valence electrons. The number of amides is 1. The van der Waals surface area contributed by atoms with Crippen LogP contribution in [0.2, 0.25) is 0 Å². The zero-order valence-electron chi connectivity index (χ0n) is 11.8. The van der Waals surface area contributed by atoms with Crippen molar-refractivity contribution in [3.8, 4) is 0 Å². The van der Waals surface area contributed by atoms with Gasteiger partial charge in [0.15, 0.2) is 0 Å². The quantitative estimate of drug-likeness (QED) is 0.877. The van der Waals surface area contributed by atoms with Crippen LogP contribution in [-0.4, -0.2) is 24.7 Å². The van der Waals surface area contributed by atoms with Gasteiger partial charge in [-0.2, -0.15) is 0 Å². The van der Waals surface area contributed by atoms with Crippen LogP contribution in [0.25, 0.3) is 0 Å². The van der Waals surface area contributed by atoms with Crippen LogP contribution in [0.4, 0.5) is 11.4 Å². The highest BCUT2D eigenvalue weighted by atomic mass is 16.5. The second-order valence-corrected chi connectivity index (χ2v) is 5.00. The van der Waals surface area contributed by atoms with E-state index < -0.39 is 0 Å². The van der Waals surface area contributed by atoms with Crippen LogP contribution < -0.4 is 10.6 Å². The smallest absolute Gasteiger partial charge is 0.224 e. The maximum absolute atomic E-state index is 11.5. The Morgan fingerprint density at radius 1 is 1.42 bits per heavy atom. The van der Waals surface area contributed by atoms with Gasteiger partial charge in [-0.05, 0) is 38.0 Å². The molecule has 0 spiro atoms. The number of benzene rings is 1. The molecule has 2 rings (SSSR count). The number of anilines is 2. The van der Waals surface area contributed by atoms with Gasteiger partial charge in [0.1, 0.15) is 0 Å². The summed E-state index contributed by atoms with van der Waals surface area (Å²) in [5.41, 5.74) is 3.02. The zero-order chi connectivity index (χ0) is 13.8. The van der Waals surface area contributed by atoms with E-state index >= 15 is 0 Å². The van der Waals surface area contributed by atoms with E-state index in [0.29, 0.717) is 12.5 Å². The highest BCUT2D eigenvalue weighted by molar-refractivity contribution is 5.92. The second-order valence-electron chi connectivity index (χ2n) is 5.00. The van der Waals surface area contributed by atoms with Crippen molar-refractivity contribution >= 4 is 17.3 Å². The molecule has 1 saturated heterocycles. The Labute approximate surface area is 114 Å². The van der Waals surface area contributed by atoms with Crippen LogP contribution >= 0.6 is 0 Å². The SMILES string of the molecule is CCC(=O)Nc1cccc(NC2CCOC2C)c1C. The van der Waals surface area contributed by atoms with Gasteiger partial charge in [0, 0.05) is 24.4 Å². The standard InChI is InChI=1S/C15H22N2O2/c1-4-15(18)17-13-7-5-6-12(10(13)2)16-14-8-9-19-11(14)3/h5-7,11,14,16H,4,8-9H2,1-3H3,(H,17,18). The van der Waals surface area contributed by atoms with E-state index in [1.165, 1.54) is 0 Å². The number of nitrogens with one attached hydrogen (secondary N) is 2. The average Bonchev–Trinajstić information content (AvgIpc) is 2.80. The summed E-state index contributed by atoms with van der Waals surface area (Å²) in [7, 11) is 0. The molecule has 0 bridgehead atoms. The minimum absolute atomic E-state index is 0.0396. The van der Waals surface area contributed by atoms with Gasteiger partial charge in [0.25, 0.3) is 0 Å². The van der Waals surface area contributed by atoms with E-state index in [2.05, 4.69) is 17.6 Å². The second kappa shape index (κ2) is 6.06. The Kier molecular flexibility index (Phi) is 4.43. The topological polar surface area (TPSA) is 50.4 Å². The van der Waals surface area contributed by atoms with Gasteiger partial charge in [0.05, 0.1) is 12.1 Å². The van der Waals surface area contributed by atoms with Crippen LogP contribution in [0.3, 0.4) is 0 Å². The summed E-state index contributed by atoms with van der Waals surface area (Å²) < 4.78 is 5.56. The molecule has 2 N–H and O–H groups in total. The lowest BCUT2D eigenvalue weighted by Gasteiger charge is -2.20. The Bertz CT molecular complexity index is 459. The fourth-order valence-corrected chi connectivity index (χ4v) is 2.29. The molecular weight excluding hydrogens is 240 g/mol. The Hall–Kier alpha value is -1.55. The van der Waals surface area contributed by atoms with Crippen LogP contribution in [0.5, 0.6) is 0 Å². The molecule has 19 heavy (non-hydrogen) atoms. The molecule has 1 aromatic rings. The van der Waals surface area contributed by atoms with E-state index in [4.69, 9.17) is 4.74 Å². The van der Waals surface area contributed by atoms with Crippen molar-refractivity contribution in [1.29, 1.82) is 0 Å². The highest BCUT2D eigenvalue weighted by Crippen LogP contribution is 2.26. The lowest BCUT2D eigenvalue weighted by Crippen LogP contribution is -2.27. The van der Waals surface area contributed by atoms with Crippen LogP contribution in [0, 0.1) is 6.92 Å². The van der Waals surface area contributed by atoms with E-state index in [-0.39, 0.29) is 12.0 Å². The molecule has 0 radical (unpaired) electrons. The largest absolute Gasteiger partial charge is 0.379 e. The van der Waals surface area contributed by atoms with Crippen LogP contribution in [0.15, 0.2) is 18.2 Å². The summed E-state index contributed by atoms with van der Waals surface area (Å²) in [5.74, 6) is 0.0396. The number of carbonyl (C=O) groups is 1. The summed E-state index contributed by atoms with van der Waals surface area (Å²) in [6, 6.07) is 6.28. The van der Waals surface area contributed by atoms with Crippen LogP contribution in [-0.2, 0) is 9.53 Å². The Balaban J connectivity index is 2.12. The van der Waals surface area contributed by atoms with Gasteiger partial charge >= 0.3 is 0 Å². The Morgan fingerprint density at radius 2 is 2.16 bits per heavy atom. The lowest BCUT2D eigenvalue weighted by atomic mass is 10.1.